The fraction of sp³-hybridized carbons (Fsp3) is 0.923. The van der Waals surface area contributed by atoms with Crippen LogP contribution >= 0.6 is 0 Å². The molecular weight excluding hydrogens is 211 g/mol. The molecule has 3 nitrogen and oxygen atoms in total. The summed E-state index contributed by atoms with van der Waals surface area (Å²) in [5.41, 5.74) is 0. The molecule has 0 aromatic carbocycles. The van der Waals surface area contributed by atoms with E-state index in [1.54, 1.807) is 0 Å². The summed E-state index contributed by atoms with van der Waals surface area (Å²) in [4.78, 5) is 11.0. The normalized spacial score (nSPS) is 9.53. The Morgan fingerprint density at radius 2 is 1.24 bits per heavy atom. The first kappa shape index (κ1) is 19.2. The van der Waals surface area contributed by atoms with E-state index < -0.39 is 6.16 Å². The van der Waals surface area contributed by atoms with E-state index in [2.05, 4.69) is 13.8 Å². The molecule has 0 heterocycles. The van der Waals surface area contributed by atoms with Crippen LogP contribution in [-0.2, 0) is 9.47 Å². The molecule has 0 aliphatic rings. The summed E-state index contributed by atoms with van der Waals surface area (Å²) in [6, 6.07) is 0. The second kappa shape index (κ2) is 15.9. The van der Waals surface area contributed by atoms with Gasteiger partial charge in [-0.2, -0.15) is 0 Å². The molecule has 0 amide bonds. The van der Waals surface area contributed by atoms with Gasteiger partial charge in [-0.1, -0.05) is 52.4 Å². The maximum atomic E-state index is 11.0. The molecular formula is C13H27LiO3. The summed E-state index contributed by atoms with van der Waals surface area (Å²) in [6.45, 7) is 5.24. The van der Waals surface area contributed by atoms with E-state index in [0.29, 0.717) is 13.2 Å². The molecule has 0 radical (unpaired) electrons. The van der Waals surface area contributed by atoms with Gasteiger partial charge in [0, 0.05) is 0 Å². The van der Waals surface area contributed by atoms with E-state index in [0.717, 1.165) is 25.7 Å². The third-order valence-corrected chi connectivity index (χ3v) is 2.44. The Morgan fingerprint density at radius 3 is 1.82 bits per heavy atom. The maximum absolute atomic E-state index is 11.0. The standard InChI is InChI=1S/C13H26O3.Li.H/c1-3-5-7-8-9-10-12-16-13(14)15-11-6-4-2;;/h3-12H2,1-2H3;;. The summed E-state index contributed by atoms with van der Waals surface area (Å²) in [7, 11) is 0. The van der Waals surface area contributed by atoms with Gasteiger partial charge in [0.1, 0.15) is 0 Å². The molecule has 98 valence electrons. The minimum absolute atomic E-state index is 0. The predicted octanol–water partition coefficient (Wildman–Crippen LogP) is 3.65. The van der Waals surface area contributed by atoms with Gasteiger partial charge in [0.05, 0.1) is 13.2 Å². The Balaban J connectivity index is 0. The van der Waals surface area contributed by atoms with Crippen LogP contribution in [-0.4, -0.2) is 38.2 Å². The van der Waals surface area contributed by atoms with Crippen molar-refractivity contribution in [2.45, 2.75) is 65.2 Å². The van der Waals surface area contributed by atoms with Gasteiger partial charge >= 0.3 is 25.0 Å². The summed E-state index contributed by atoms with van der Waals surface area (Å²) in [5, 5.41) is 0. The first-order valence-electron chi connectivity index (χ1n) is 6.60. The molecule has 4 heteroatoms. The second-order valence-electron chi connectivity index (χ2n) is 4.07. The Hall–Kier alpha value is -0.133. The van der Waals surface area contributed by atoms with Gasteiger partial charge in [-0.3, -0.25) is 0 Å². The monoisotopic (exact) mass is 238 g/mol. The van der Waals surface area contributed by atoms with Crippen LogP contribution in [0.1, 0.15) is 65.2 Å². The molecule has 0 unspecified atom stereocenters. The van der Waals surface area contributed by atoms with E-state index >= 15 is 0 Å². The van der Waals surface area contributed by atoms with Crippen LogP contribution in [0.4, 0.5) is 4.79 Å². The zero-order valence-electron chi connectivity index (χ0n) is 10.8. The molecule has 17 heavy (non-hydrogen) atoms. The minimum atomic E-state index is -0.512. The Labute approximate surface area is 118 Å². The van der Waals surface area contributed by atoms with Crippen molar-refractivity contribution < 1.29 is 14.3 Å². The number of carbonyl (C=O) groups excluding carboxylic acids is 1. The molecule has 0 spiro atoms. The van der Waals surface area contributed by atoms with Crippen molar-refractivity contribution in [1.82, 2.24) is 0 Å². The number of hydrogen-bond acceptors (Lipinski definition) is 3. The van der Waals surface area contributed by atoms with Crippen molar-refractivity contribution in [3.63, 3.8) is 0 Å². The SMILES string of the molecule is CCCCCCCCOC(=O)OCCCC.[LiH]. The summed E-state index contributed by atoms with van der Waals surface area (Å²) < 4.78 is 9.80. The number of unbranched alkanes of at least 4 members (excludes halogenated alkanes) is 6. The predicted molar refractivity (Wildman–Crippen MR) is 72.7 cm³/mol. The van der Waals surface area contributed by atoms with Gasteiger partial charge in [0.25, 0.3) is 0 Å². The zero-order valence-corrected chi connectivity index (χ0v) is 10.8. The molecule has 0 saturated heterocycles. The van der Waals surface area contributed by atoms with Crippen molar-refractivity contribution in [3.05, 3.63) is 0 Å². The third kappa shape index (κ3) is 15.9. The van der Waals surface area contributed by atoms with Crippen molar-refractivity contribution in [1.29, 1.82) is 0 Å². The molecule has 0 aromatic rings. The van der Waals surface area contributed by atoms with Crippen LogP contribution in [0.5, 0.6) is 0 Å². The van der Waals surface area contributed by atoms with Gasteiger partial charge in [-0.25, -0.2) is 4.79 Å². The van der Waals surface area contributed by atoms with Gasteiger partial charge < -0.3 is 9.47 Å². The molecule has 0 fully saturated rings. The van der Waals surface area contributed by atoms with E-state index in [1.807, 2.05) is 0 Å². The van der Waals surface area contributed by atoms with Crippen LogP contribution in [0, 0.1) is 0 Å². The third-order valence-electron chi connectivity index (χ3n) is 2.44. The van der Waals surface area contributed by atoms with Crippen molar-refractivity contribution >= 4 is 25.0 Å². The van der Waals surface area contributed by atoms with Crippen molar-refractivity contribution in [2.24, 2.45) is 0 Å². The summed E-state index contributed by atoms with van der Waals surface area (Å²) in [6.07, 6.45) is 8.62. The van der Waals surface area contributed by atoms with Gasteiger partial charge in [0.2, 0.25) is 0 Å². The Bertz CT molecular complexity index is 163. The number of carbonyl (C=O) groups is 1. The van der Waals surface area contributed by atoms with E-state index in [4.69, 9.17) is 9.47 Å². The van der Waals surface area contributed by atoms with E-state index in [9.17, 15) is 4.79 Å². The van der Waals surface area contributed by atoms with Crippen molar-refractivity contribution in [2.75, 3.05) is 13.2 Å². The van der Waals surface area contributed by atoms with Gasteiger partial charge in [0.15, 0.2) is 0 Å². The Morgan fingerprint density at radius 1 is 0.765 bits per heavy atom. The zero-order chi connectivity index (χ0) is 12.1. The van der Waals surface area contributed by atoms with Crippen LogP contribution in [0.2, 0.25) is 0 Å². The topological polar surface area (TPSA) is 35.5 Å². The van der Waals surface area contributed by atoms with E-state index in [-0.39, 0.29) is 18.9 Å². The number of ether oxygens (including phenoxy) is 2. The Kier molecular flexibility index (Phi) is 17.9. The first-order chi connectivity index (χ1) is 7.81. The van der Waals surface area contributed by atoms with Gasteiger partial charge in [-0.15, -0.1) is 0 Å². The van der Waals surface area contributed by atoms with E-state index in [1.165, 1.54) is 25.7 Å². The van der Waals surface area contributed by atoms with Crippen molar-refractivity contribution in [3.8, 4) is 0 Å². The van der Waals surface area contributed by atoms with Gasteiger partial charge in [-0.05, 0) is 12.8 Å². The second-order valence-corrected chi connectivity index (χ2v) is 4.07. The van der Waals surface area contributed by atoms with Crippen LogP contribution in [0.25, 0.3) is 0 Å². The molecule has 0 saturated carbocycles. The molecule has 0 bridgehead atoms. The summed E-state index contributed by atoms with van der Waals surface area (Å²) >= 11 is 0. The number of hydrogen-bond donors (Lipinski definition) is 0. The molecule has 0 N–H and O–H groups in total. The molecule has 0 aromatic heterocycles. The molecule has 0 aliphatic heterocycles. The first-order valence-corrected chi connectivity index (χ1v) is 6.60. The molecule has 0 atom stereocenters. The molecule has 0 rings (SSSR count). The number of rotatable bonds is 10. The molecule has 0 aliphatic carbocycles. The fourth-order valence-electron chi connectivity index (χ4n) is 1.38. The average molecular weight is 238 g/mol. The fourth-order valence-corrected chi connectivity index (χ4v) is 1.38. The van der Waals surface area contributed by atoms with Crippen LogP contribution < -0.4 is 0 Å². The quantitative estimate of drug-likeness (QED) is 0.331. The van der Waals surface area contributed by atoms with Crippen LogP contribution in [0.3, 0.4) is 0 Å². The van der Waals surface area contributed by atoms with Crippen LogP contribution in [0.15, 0.2) is 0 Å². The summed E-state index contributed by atoms with van der Waals surface area (Å²) in [5.74, 6) is 0. The average Bonchev–Trinajstić information content (AvgIpc) is 2.28.